The zero-order chi connectivity index (χ0) is 12.9. The Kier molecular flexibility index (Phi) is 5.55. The summed E-state index contributed by atoms with van der Waals surface area (Å²) >= 11 is 9.07. The molecular formula is C10H10BrClF3NO. The third-order valence-electron chi connectivity index (χ3n) is 1.76. The summed E-state index contributed by atoms with van der Waals surface area (Å²) in [6.07, 6.45) is -4.28. The minimum atomic E-state index is -4.28. The maximum absolute atomic E-state index is 11.8. The number of alkyl halides is 3. The SMILES string of the molecule is FC(F)(F)COCCNc1cc(Cl)ccc1Br. The molecular weight excluding hydrogens is 322 g/mol. The molecule has 0 spiro atoms. The molecule has 0 heterocycles. The van der Waals surface area contributed by atoms with Gasteiger partial charge in [0.2, 0.25) is 0 Å². The Bertz CT molecular complexity index is 373. The van der Waals surface area contributed by atoms with E-state index in [-0.39, 0.29) is 13.2 Å². The summed E-state index contributed by atoms with van der Waals surface area (Å²) < 4.78 is 40.5. The van der Waals surface area contributed by atoms with Crippen LogP contribution >= 0.6 is 27.5 Å². The average molecular weight is 333 g/mol. The van der Waals surface area contributed by atoms with E-state index in [1.165, 1.54) is 0 Å². The molecule has 0 aliphatic carbocycles. The van der Waals surface area contributed by atoms with Gasteiger partial charge in [-0.05, 0) is 34.1 Å². The fraction of sp³-hybridized carbons (Fsp3) is 0.400. The Hall–Kier alpha value is -0.460. The first-order valence-electron chi connectivity index (χ1n) is 4.72. The van der Waals surface area contributed by atoms with Crippen LogP contribution in [-0.2, 0) is 4.74 Å². The minimum Gasteiger partial charge on any atom is -0.382 e. The van der Waals surface area contributed by atoms with Gasteiger partial charge in [0.05, 0.1) is 6.61 Å². The number of nitrogens with one attached hydrogen (secondary N) is 1. The number of hydrogen-bond donors (Lipinski definition) is 1. The van der Waals surface area contributed by atoms with Crippen LogP contribution in [0.15, 0.2) is 22.7 Å². The summed E-state index contributed by atoms with van der Waals surface area (Å²) in [5.74, 6) is 0. The highest BCUT2D eigenvalue weighted by molar-refractivity contribution is 9.10. The molecule has 0 saturated heterocycles. The van der Waals surface area contributed by atoms with E-state index in [4.69, 9.17) is 11.6 Å². The number of hydrogen-bond acceptors (Lipinski definition) is 2. The van der Waals surface area contributed by atoms with Gasteiger partial charge in [-0.1, -0.05) is 11.6 Å². The van der Waals surface area contributed by atoms with Gasteiger partial charge >= 0.3 is 6.18 Å². The lowest BCUT2D eigenvalue weighted by Crippen LogP contribution is -2.20. The van der Waals surface area contributed by atoms with Crippen LogP contribution in [0.2, 0.25) is 5.02 Å². The summed E-state index contributed by atoms with van der Waals surface area (Å²) in [4.78, 5) is 0. The summed E-state index contributed by atoms with van der Waals surface area (Å²) in [6, 6.07) is 5.13. The van der Waals surface area contributed by atoms with Crippen molar-refractivity contribution in [2.75, 3.05) is 25.1 Å². The van der Waals surface area contributed by atoms with Crippen LogP contribution in [0.3, 0.4) is 0 Å². The van der Waals surface area contributed by atoms with Crippen molar-refractivity contribution in [2.24, 2.45) is 0 Å². The van der Waals surface area contributed by atoms with Crippen LogP contribution in [0.5, 0.6) is 0 Å². The fourth-order valence-electron chi connectivity index (χ4n) is 1.08. The molecule has 0 fully saturated rings. The van der Waals surface area contributed by atoms with Gasteiger partial charge in [0.25, 0.3) is 0 Å². The lowest BCUT2D eigenvalue weighted by atomic mass is 10.3. The van der Waals surface area contributed by atoms with Crippen LogP contribution < -0.4 is 5.32 Å². The minimum absolute atomic E-state index is 0.0293. The van der Waals surface area contributed by atoms with E-state index < -0.39 is 12.8 Å². The Morgan fingerprint density at radius 2 is 2.06 bits per heavy atom. The Labute approximate surface area is 110 Å². The van der Waals surface area contributed by atoms with Gasteiger partial charge in [0.15, 0.2) is 0 Å². The topological polar surface area (TPSA) is 21.3 Å². The lowest BCUT2D eigenvalue weighted by molar-refractivity contribution is -0.172. The van der Waals surface area contributed by atoms with Crippen LogP contribution in [0.25, 0.3) is 0 Å². The smallest absolute Gasteiger partial charge is 0.382 e. The molecule has 1 aromatic carbocycles. The molecule has 2 nitrogen and oxygen atoms in total. The summed E-state index contributed by atoms with van der Waals surface area (Å²) in [5.41, 5.74) is 0.716. The van der Waals surface area contributed by atoms with Gasteiger partial charge < -0.3 is 10.1 Å². The zero-order valence-corrected chi connectivity index (χ0v) is 11.0. The predicted octanol–water partition coefficient (Wildman–Crippen LogP) is 4.09. The van der Waals surface area contributed by atoms with E-state index >= 15 is 0 Å². The Morgan fingerprint density at radius 1 is 1.35 bits per heavy atom. The third-order valence-corrected chi connectivity index (χ3v) is 2.68. The van der Waals surface area contributed by atoms with Gasteiger partial charge in [-0.3, -0.25) is 0 Å². The molecule has 0 radical (unpaired) electrons. The maximum atomic E-state index is 11.8. The predicted molar refractivity (Wildman–Crippen MR) is 64.5 cm³/mol. The molecule has 96 valence electrons. The first-order valence-corrected chi connectivity index (χ1v) is 5.89. The highest BCUT2D eigenvalue weighted by Gasteiger charge is 2.27. The first-order chi connectivity index (χ1) is 7.88. The van der Waals surface area contributed by atoms with Crippen LogP contribution in [0.1, 0.15) is 0 Å². The van der Waals surface area contributed by atoms with Crippen LogP contribution in [0, 0.1) is 0 Å². The second-order valence-corrected chi connectivity index (χ2v) is 4.51. The van der Waals surface area contributed by atoms with Gasteiger partial charge in [-0.2, -0.15) is 13.2 Å². The molecule has 0 aliphatic rings. The van der Waals surface area contributed by atoms with Crippen molar-refractivity contribution in [1.29, 1.82) is 0 Å². The van der Waals surface area contributed by atoms with E-state index in [9.17, 15) is 13.2 Å². The summed E-state index contributed by atoms with van der Waals surface area (Å²) in [6.45, 7) is -0.987. The van der Waals surface area contributed by atoms with Crippen molar-refractivity contribution in [3.8, 4) is 0 Å². The van der Waals surface area contributed by atoms with Crippen molar-refractivity contribution < 1.29 is 17.9 Å². The van der Waals surface area contributed by atoms with E-state index in [1.54, 1.807) is 18.2 Å². The third kappa shape index (κ3) is 6.14. The summed E-state index contributed by atoms with van der Waals surface area (Å²) in [7, 11) is 0. The average Bonchev–Trinajstić information content (AvgIpc) is 2.21. The summed E-state index contributed by atoms with van der Waals surface area (Å²) in [5, 5.41) is 3.46. The zero-order valence-electron chi connectivity index (χ0n) is 8.65. The van der Waals surface area contributed by atoms with Gasteiger partial charge in [-0.15, -0.1) is 0 Å². The molecule has 17 heavy (non-hydrogen) atoms. The van der Waals surface area contributed by atoms with E-state index in [2.05, 4.69) is 26.0 Å². The van der Waals surface area contributed by atoms with E-state index in [0.717, 1.165) is 4.47 Å². The molecule has 0 aliphatic heterocycles. The molecule has 0 aromatic heterocycles. The Morgan fingerprint density at radius 3 is 2.71 bits per heavy atom. The van der Waals surface area contributed by atoms with Gasteiger partial charge in [0.1, 0.15) is 6.61 Å². The maximum Gasteiger partial charge on any atom is 0.411 e. The molecule has 1 N–H and O–H groups in total. The normalized spacial score (nSPS) is 11.6. The van der Waals surface area contributed by atoms with Crippen molar-refractivity contribution in [3.05, 3.63) is 27.7 Å². The van der Waals surface area contributed by atoms with E-state index in [1.807, 2.05) is 0 Å². The highest BCUT2D eigenvalue weighted by Crippen LogP contribution is 2.25. The number of rotatable bonds is 5. The number of halogens is 5. The molecule has 0 unspecified atom stereocenters. The van der Waals surface area contributed by atoms with Gasteiger partial charge in [0, 0.05) is 21.7 Å². The van der Waals surface area contributed by atoms with Crippen LogP contribution in [0.4, 0.5) is 18.9 Å². The standard InChI is InChI=1S/C10H10BrClF3NO/c11-8-2-1-7(12)5-9(8)16-3-4-17-6-10(13,14)15/h1-2,5,16H,3-4,6H2. The number of benzene rings is 1. The fourth-order valence-corrected chi connectivity index (χ4v) is 1.64. The highest BCUT2D eigenvalue weighted by atomic mass is 79.9. The molecule has 0 saturated carbocycles. The lowest BCUT2D eigenvalue weighted by Gasteiger charge is -2.10. The largest absolute Gasteiger partial charge is 0.411 e. The first kappa shape index (κ1) is 14.6. The van der Waals surface area contributed by atoms with E-state index in [0.29, 0.717) is 10.7 Å². The van der Waals surface area contributed by atoms with Crippen LogP contribution in [-0.4, -0.2) is 25.9 Å². The molecule has 0 bridgehead atoms. The quantitative estimate of drug-likeness (QED) is 0.820. The monoisotopic (exact) mass is 331 g/mol. The van der Waals surface area contributed by atoms with Crippen molar-refractivity contribution in [2.45, 2.75) is 6.18 Å². The van der Waals surface area contributed by atoms with Gasteiger partial charge in [-0.25, -0.2) is 0 Å². The molecule has 1 rings (SSSR count). The Balaban J connectivity index is 2.29. The molecule has 0 amide bonds. The van der Waals surface area contributed by atoms with Crippen molar-refractivity contribution in [3.63, 3.8) is 0 Å². The molecule has 0 atom stereocenters. The second kappa shape index (κ2) is 6.47. The second-order valence-electron chi connectivity index (χ2n) is 3.22. The molecule has 7 heteroatoms. The van der Waals surface area contributed by atoms with Crippen molar-refractivity contribution in [1.82, 2.24) is 0 Å². The molecule has 1 aromatic rings. The number of anilines is 1. The number of ether oxygens (including phenoxy) is 1. The van der Waals surface area contributed by atoms with Crippen molar-refractivity contribution >= 4 is 33.2 Å².